The molecule has 2 aliphatic heterocycles. The number of rotatable bonds is 4. The summed E-state index contributed by atoms with van der Waals surface area (Å²) >= 11 is 0. The Morgan fingerprint density at radius 1 is 0.963 bits per heavy atom. The first-order valence-electron chi connectivity index (χ1n) is 9.41. The third kappa shape index (κ3) is 8.84. The number of aliphatic imine (C=N–C) groups is 1. The minimum atomic E-state index is -4.17. The molecule has 0 radical (unpaired) electrons. The lowest BCUT2D eigenvalue weighted by Crippen LogP contribution is -2.54. The minimum Gasteiger partial charge on any atom is -0.356 e. The smallest absolute Gasteiger partial charge is 0.356 e. The molecule has 1 N–H and O–H groups in total. The van der Waals surface area contributed by atoms with E-state index < -0.39 is 12.6 Å². The molecule has 0 aromatic heterocycles. The first kappa shape index (κ1) is 24.3. The second kappa shape index (κ2) is 11.9. The van der Waals surface area contributed by atoms with Gasteiger partial charge in [-0.15, -0.1) is 24.0 Å². The molecule has 0 aromatic rings. The topological polar surface area (TPSA) is 51.2 Å². The van der Waals surface area contributed by atoms with E-state index in [1.807, 2.05) is 9.80 Å². The zero-order chi connectivity index (χ0) is 19.0. The molecule has 10 heteroatoms. The maximum absolute atomic E-state index is 12.5. The third-order valence-corrected chi connectivity index (χ3v) is 4.89. The SMILES string of the molecule is CN=C(NCCC(F)(F)F)N1CCN(CC(=O)N2CCCCCC2)CC1.I. The van der Waals surface area contributed by atoms with E-state index in [1.165, 1.54) is 12.8 Å². The maximum Gasteiger partial charge on any atom is 0.390 e. The van der Waals surface area contributed by atoms with Crippen molar-refractivity contribution < 1.29 is 18.0 Å². The number of amides is 1. The van der Waals surface area contributed by atoms with Gasteiger partial charge in [0.15, 0.2) is 5.96 Å². The average Bonchev–Trinajstić information content (AvgIpc) is 2.88. The molecule has 0 atom stereocenters. The van der Waals surface area contributed by atoms with Crippen LogP contribution in [0.2, 0.25) is 0 Å². The van der Waals surface area contributed by atoms with Gasteiger partial charge < -0.3 is 15.1 Å². The Balaban J connectivity index is 0.00000364. The lowest BCUT2D eigenvalue weighted by molar-refractivity contribution is -0.133. The lowest BCUT2D eigenvalue weighted by atomic mass is 10.2. The van der Waals surface area contributed by atoms with Crippen molar-refractivity contribution in [2.24, 2.45) is 4.99 Å². The second-order valence-corrected chi connectivity index (χ2v) is 6.90. The van der Waals surface area contributed by atoms with Crippen molar-refractivity contribution >= 4 is 35.8 Å². The summed E-state index contributed by atoms with van der Waals surface area (Å²) in [6.07, 6.45) is -0.487. The summed E-state index contributed by atoms with van der Waals surface area (Å²) in [5.74, 6) is 0.681. The van der Waals surface area contributed by atoms with Crippen LogP contribution < -0.4 is 5.32 Å². The van der Waals surface area contributed by atoms with E-state index in [2.05, 4.69) is 15.2 Å². The van der Waals surface area contributed by atoms with E-state index in [0.29, 0.717) is 38.7 Å². The quantitative estimate of drug-likeness (QED) is 0.362. The van der Waals surface area contributed by atoms with Crippen LogP contribution in [-0.2, 0) is 4.79 Å². The van der Waals surface area contributed by atoms with Gasteiger partial charge in [0.2, 0.25) is 5.91 Å². The van der Waals surface area contributed by atoms with Crippen LogP contribution in [0.1, 0.15) is 32.1 Å². The highest BCUT2D eigenvalue weighted by Gasteiger charge is 2.27. The molecule has 2 aliphatic rings. The molecule has 0 aromatic carbocycles. The predicted molar refractivity (Wildman–Crippen MR) is 111 cm³/mol. The van der Waals surface area contributed by atoms with Crippen LogP contribution in [0.25, 0.3) is 0 Å². The van der Waals surface area contributed by atoms with Gasteiger partial charge in [-0.25, -0.2) is 0 Å². The summed E-state index contributed by atoms with van der Waals surface area (Å²) < 4.78 is 36.8. The van der Waals surface area contributed by atoms with E-state index in [4.69, 9.17) is 0 Å². The summed E-state index contributed by atoms with van der Waals surface area (Å²) in [5.41, 5.74) is 0. The van der Waals surface area contributed by atoms with Gasteiger partial charge >= 0.3 is 6.18 Å². The fourth-order valence-corrected chi connectivity index (χ4v) is 3.38. The Kier molecular flexibility index (Phi) is 10.7. The Morgan fingerprint density at radius 3 is 2.07 bits per heavy atom. The molecule has 6 nitrogen and oxygen atoms in total. The maximum atomic E-state index is 12.5. The molecule has 0 saturated carbocycles. The number of guanidine groups is 1. The van der Waals surface area contributed by atoms with E-state index in [9.17, 15) is 18.0 Å². The van der Waals surface area contributed by atoms with Gasteiger partial charge in [0, 0.05) is 52.9 Å². The van der Waals surface area contributed by atoms with Crippen LogP contribution in [0, 0.1) is 0 Å². The van der Waals surface area contributed by atoms with Gasteiger partial charge in [-0.1, -0.05) is 12.8 Å². The summed E-state index contributed by atoms with van der Waals surface area (Å²) in [6, 6.07) is 0. The van der Waals surface area contributed by atoms with Crippen LogP contribution in [0.3, 0.4) is 0 Å². The molecule has 0 bridgehead atoms. The number of nitrogens with one attached hydrogen (secondary N) is 1. The van der Waals surface area contributed by atoms with Gasteiger partial charge in [0.1, 0.15) is 0 Å². The van der Waals surface area contributed by atoms with Gasteiger partial charge in [0.25, 0.3) is 0 Å². The van der Waals surface area contributed by atoms with Gasteiger partial charge in [0.05, 0.1) is 13.0 Å². The largest absolute Gasteiger partial charge is 0.390 e. The fourth-order valence-electron chi connectivity index (χ4n) is 3.38. The Hall–Kier alpha value is -0.780. The number of hydrogen-bond acceptors (Lipinski definition) is 3. The summed E-state index contributed by atoms with van der Waals surface area (Å²) in [7, 11) is 1.57. The predicted octanol–water partition coefficient (Wildman–Crippen LogP) is 2.15. The number of hydrogen-bond donors (Lipinski definition) is 1. The monoisotopic (exact) mass is 505 g/mol. The number of alkyl halides is 3. The van der Waals surface area contributed by atoms with Crippen molar-refractivity contribution in [3.05, 3.63) is 0 Å². The zero-order valence-electron chi connectivity index (χ0n) is 15.9. The lowest BCUT2D eigenvalue weighted by Gasteiger charge is -2.37. The van der Waals surface area contributed by atoms with Crippen molar-refractivity contribution in [1.29, 1.82) is 0 Å². The first-order chi connectivity index (χ1) is 12.4. The molecule has 27 heavy (non-hydrogen) atoms. The van der Waals surface area contributed by atoms with Crippen molar-refractivity contribution in [3.63, 3.8) is 0 Å². The molecule has 2 heterocycles. The van der Waals surface area contributed by atoms with E-state index in [1.54, 1.807) is 7.05 Å². The highest BCUT2D eigenvalue weighted by atomic mass is 127. The zero-order valence-corrected chi connectivity index (χ0v) is 18.3. The van der Waals surface area contributed by atoms with Crippen molar-refractivity contribution in [3.8, 4) is 0 Å². The normalized spacial score (nSPS) is 20.1. The number of carbonyl (C=O) groups excluding carboxylic acids is 1. The summed E-state index contributed by atoms with van der Waals surface area (Å²) in [5, 5.41) is 2.77. The standard InChI is InChI=1S/C17H30F3N5O.HI/c1-21-16(22-7-6-17(18,19)20)25-12-10-23(11-13-25)14-15(26)24-8-4-2-3-5-9-24;/h2-14H2,1H3,(H,21,22);1H. The Labute approximate surface area is 176 Å². The van der Waals surface area contributed by atoms with Crippen molar-refractivity contribution in [2.75, 3.05) is 59.4 Å². The van der Waals surface area contributed by atoms with Crippen LogP contribution in [0.5, 0.6) is 0 Å². The minimum absolute atomic E-state index is 0. The molecular formula is C17H31F3IN5O. The van der Waals surface area contributed by atoms with Gasteiger partial charge in [-0.3, -0.25) is 14.7 Å². The molecule has 0 aliphatic carbocycles. The van der Waals surface area contributed by atoms with Crippen LogP contribution in [0.4, 0.5) is 13.2 Å². The average molecular weight is 505 g/mol. The number of nitrogens with zero attached hydrogens (tertiary/aromatic N) is 4. The fraction of sp³-hybridized carbons (Fsp3) is 0.882. The molecule has 2 rings (SSSR count). The molecule has 0 spiro atoms. The van der Waals surface area contributed by atoms with Crippen LogP contribution >= 0.6 is 24.0 Å². The number of carbonyl (C=O) groups is 1. The van der Waals surface area contributed by atoms with Crippen molar-refractivity contribution in [1.82, 2.24) is 20.0 Å². The third-order valence-electron chi connectivity index (χ3n) is 4.89. The van der Waals surface area contributed by atoms with Gasteiger partial charge in [-0.05, 0) is 12.8 Å². The van der Waals surface area contributed by atoms with Crippen LogP contribution in [0.15, 0.2) is 4.99 Å². The molecular weight excluding hydrogens is 474 g/mol. The van der Waals surface area contributed by atoms with Gasteiger partial charge in [-0.2, -0.15) is 13.2 Å². The van der Waals surface area contributed by atoms with E-state index in [-0.39, 0.29) is 36.4 Å². The number of halogens is 4. The molecule has 158 valence electrons. The summed E-state index contributed by atoms with van der Waals surface area (Å²) in [4.78, 5) is 22.6. The molecule has 2 saturated heterocycles. The van der Waals surface area contributed by atoms with E-state index in [0.717, 1.165) is 25.9 Å². The van der Waals surface area contributed by atoms with Crippen LogP contribution in [-0.4, -0.2) is 92.1 Å². The molecule has 2 fully saturated rings. The highest BCUT2D eigenvalue weighted by molar-refractivity contribution is 14.0. The number of piperazine rings is 1. The second-order valence-electron chi connectivity index (χ2n) is 6.90. The molecule has 1 amide bonds. The number of likely N-dealkylation sites (tertiary alicyclic amines) is 1. The first-order valence-corrected chi connectivity index (χ1v) is 9.41. The van der Waals surface area contributed by atoms with E-state index >= 15 is 0 Å². The van der Waals surface area contributed by atoms with Crippen molar-refractivity contribution in [2.45, 2.75) is 38.3 Å². The summed E-state index contributed by atoms with van der Waals surface area (Å²) in [6.45, 7) is 4.68. The Morgan fingerprint density at radius 2 is 1.56 bits per heavy atom. The molecule has 0 unspecified atom stereocenters. The highest BCUT2D eigenvalue weighted by Crippen LogP contribution is 2.18. The Bertz CT molecular complexity index is 474.